The zero-order valence-corrected chi connectivity index (χ0v) is 10.0. The maximum absolute atomic E-state index is 13.2. The van der Waals surface area contributed by atoms with Gasteiger partial charge >= 0.3 is 5.69 Å². The average molecular weight is 245 g/mol. The van der Waals surface area contributed by atoms with Gasteiger partial charge in [0.2, 0.25) is 11.7 Å². The molecule has 1 unspecified atom stereocenters. The van der Waals surface area contributed by atoms with Gasteiger partial charge in [-0.1, -0.05) is 0 Å². The predicted octanol–water partition coefficient (Wildman–Crippen LogP) is -0.106. The van der Waals surface area contributed by atoms with Crippen LogP contribution in [0, 0.1) is 5.82 Å². The first-order valence-electron chi connectivity index (χ1n) is 5.22. The third-order valence-electron chi connectivity index (χ3n) is 2.50. The van der Waals surface area contributed by atoms with E-state index in [2.05, 4.69) is 0 Å². The summed E-state index contributed by atoms with van der Waals surface area (Å²) in [5.41, 5.74) is -2.01. The van der Waals surface area contributed by atoms with Gasteiger partial charge in [0.1, 0.15) is 0 Å². The maximum atomic E-state index is 13.2. The second-order valence-electron chi connectivity index (χ2n) is 4.21. The van der Waals surface area contributed by atoms with Gasteiger partial charge in [-0.15, -0.1) is 0 Å². The van der Waals surface area contributed by atoms with Crippen molar-refractivity contribution in [2.75, 3.05) is 20.6 Å². The first-order valence-corrected chi connectivity index (χ1v) is 5.22. The lowest BCUT2D eigenvalue weighted by atomic mass is 10.2. The zero-order valence-electron chi connectivity index (χ0n) is 10.0. The molecule has 17 heavy (non-hydrogen) atoms. The molecule has 96 valence electrons. The molecule has 1 aromatic heterocycles. The Bertz CT molecular complexity index is 506. The van der Waals surface area contributed by atoms with E-state index in [0.717, 1.165) is 4.57 Å². The fraction of sp³-hybridized carbons (Fsp3) is 0.600. The largest absolute Gasteiger partial charge is 0.492 e. The van der Waals surface area contributed by atoms with Crippen LogP contribution in [0.15, 0.2) is 9.59 Å². The van der Waals surface area contributed by atoms with Crippen LogP contribution in [0.5, 0.6) is 5.88 Å². The molecule has 7 heteroatoms. The van der Waals surface area contributed by atoms with Gasteiger partial charge in [-0.3, -0.25) is 14.3 Å². The summed E-state index contributed by atoms with van der Waals surface area (Å²) in [5, 5.41) is 9.45. The van der Waals surface area contributed by atoms with Crippen molar-refractivity contribution in [2.24, 2.45) is 0 Å². The first kappa shape index (κ1) is 13.4. The Hall–Kier alpha value is -1.63. The molecule has 0 amide bonds. The monoisotopic (exact) mass is 245 g/mol. The Morgan fingerprint density at radius 1 is 1.47 bits per heavy atom. The predicted molar refractivity (Wildman–Crippen MR) is 60.8 cm³/mol. The Kier molecular flexibility index (Phi) is 4.06. The molecule has 1 rings (SSSR count). The molecule has 0 aromatic carbocycles. The number of aromatic amines is 1. The summed E-state index contributed by atoms with van der Waals surface area (Å²) in [6.07, 6.45) is 0.548. The van der Waals surface area contributed by atoms with Crippen molar-refractivity contribution in [1.29, 1.82) is 0 Å². The molecule has 2 N–H and O–H groups in total. The molecule has 0 saturated heterocycles. The van der Waals surface area contributed by atoms with Gasteiger partial charge in [-0.2, -0.15) is 4.39 Å². The summed E-state index contributed by atoms with van der Waals surface area (Å²) in [4.78, 5) is 26.1. The highest BCUT2D eigenvalue weighted by molar-refractivity contribution is 5.10. The summed E-state index contributed by atoms with van der Waals surface area (Å²) in [7, 11) is 3.73. The van der Waals surface area contributed by atoms with E-state index in [9.17, 15) is 19.1 Å². The van der Waals surface area contributed by atoms with Gasteiger partial charge in [-0.25, -0.2) is 4.79 Å². The van der Waals surface area contributed by atoms with Gasteiger partial charge in [0.25, 0.3) is 5.56 Å². The van der Waals surface area contributed by atoms with Crippen LogP contribution in [0.4, 0.5) is 4.39 Å². The summed E-state index contributed by atoms with van der Waals surface area (Å²) in [5.74, 6) is -2.24. The second kappa shape index (κ2) is 5.13. The van der Waals surface area contributed by atoms with Crippen molar-refractivity contribution in [3.63, 3.8) is 0 Å². The number of nitrogens with zero attached hydrogens (tertiary/aromatic N) is 2. The SMILES string of the molecule is CC(CCN(C)C)n1c(O)c(F)c(=O)[nH]c1=O. The summed E-state index contributed by atoms with van der Waals surface area (Å²) >= 11 is 0. The Morgan fingerprint density at radius 2 is 2.06 bits per heavy atom. The van der Waals surface area contributed by atoms with Crippen molar-refractivity contribution in [2.45, 2.75) is 19.4 Å². The number of hydrogen-bond donors (Lipinski definition) is 2. The molecule has 0 radical (unpaired) electrons. The van der Waals surface area contributed by atoms with Gasteiger partial charge in [0.15, 0.2) is 0 Å². The van der Waals surface area contributed by atoms with Gasteiger partial charge < -0.3 is 10.0 Å². The van der Waals surface area contributed by atoms with Crippen molar-refractivity contribution in [3.05, 3.63) is 26.7 Å². The van der Waals surface area contributed by atoms with Crippen molar-refractivity contribution in [3.8, 4) is 5.88 Å². The molecular weight excluding hydrogens is 229 g/mol. The fourth-order valence-electron chi connectivity index (χ4n) is 1.50. The molecule has 1 aromatic rings. The molecule has 0 spiro atoms. The standard InChI is InChI=1S/C10H16FN3O3/c1-6(4-5-13(2)3)14-9(16)7(11)8(15)12-10(14)17/h6,16H,4-5H2,1-3H3,(H,12,15,17). The van der Waals surface area contributed by atoms with Crippen molar-refractivity contribution < 1.29 is 9.50 Å². The van der Waals surface area contributed by atoms with Crippen LogP contribution >= 0.6 is 0 Å². The van der Waals surface area contributed by atoms with E-state index >= 15 is 0 Å². The zero-order chi connectivity index (χ0) is 13.2. The minimum Gasteiger partial charge on any atom is -0.492 e. The molecule has 0 aliphatic heterocycles. The van der Waals surface area contributed by atoms with Gasteiger partial charge in [0.05, 0.1) is 0 Å². The highest BCUT2D eigenvalue weighted by atomic mass is 19.1. The molecular formula is C10H16FN3O3. The van der Waals surface area contributed by atoms with E-state index in [4.69, 9.17) is 0 Å². The molecule has 1 heterocycles. The summed E-state index contributed by atoms with van der Waals surface area (Å²) < 4.78 is 14.0. The Balaban J connectivity index is 3.10. The number of aromatic hydroxyl groups is 1. The first-order chi connectivity index (χ1) is 7.84. The number of aromatic nitrogens is 2. The normalized spacial score (nSPS) is 13.0. The lowest BCUT2D eigenvalue weighted by molar-refractivity contribution is 0.306. The van der Waals surface area contributed by atoms with Crippen LogP contribution in [-0.2, 0) is 0 Å². The minimum absolute atomic E-state index is 0.406. The molecule has 1 atom stereocenters. The Morgan fingerprint density at radius 3 is 2.59 bits per heavy atom. The maximum Gasteiger partial charge on any atom is 0.331 e. The van der Waals surface area contributed by atoms with Crippen LogP contribution in [0.3, 0.4) is 0 Å². The fourth-order valence-corrected chi connectivity index (χ4v) is 1.50. The topological polar surface area (TPSA) is 78.3 Å². The lowest BCUT2D eigenvalue weighted by Crippen LogP contribution is -2.34. The third kappa shape index (κ3) is 2.94. The van der Waals surface area contributed by atoms with E-state index in [1.165, 1.54) is 0 Å². The highest BCUT2D eigenvalue weighted by Crippen LogP contribution is 2.16. The second-order valence-corrected chi connectivity index (χ2v) is 4.21. The van der Waals surface area contributed by atoms with Crippen LogP contribution in [0.1, 0.15) is 19.4 Å². The number of H-pyrrole nitrogens is 1. The van der Waals surface area contributed by atoms with E-state index in [-0.39, 0.29) is 0 Å². The summed E-state index contributed by atoms with van der Waals surface area (Å²) in [6.45, 7) is 2.34. The van der Waals surface area contributed by atoms with Crippen LogP contribution < -0.4 is 11.2 Å². The molecule has 0 fully saturated rings. The Labute approximate surface area is 97.3 Å². The minimum atomic E-state index is -1.33. The lowest BCUT2D eigenvalue weighted by Gasteiger charge is -2.18. The quantitative estimate of drug-likeness (QED) is 0.776. The van der Waals surface area contributed by atoms with Crippen molar-refractivity contribution >= 4 is 0 Å². The number of hydrogen-bond acceptors (Lipinski definition) is 4. The number of nitrogens with one attached hydrogen (secondary N) is 1. The van der Waals surface area contributed by atoms with E-state index in [0.29, 0.717) is 13.0 Å². The van der Waals surface area contributed by atoms with Gasteiger partial charge in [0, 0.05) is 6.04 Å². The van der Waals surface area contributed by atoms with Crippen LogP contribution in [-0.4, -0.2) is 40.2 Å². The van der Waals surface area contributed by atoms with E-state index < -0.39 is 29.0 Å². The van der Waals surface area contributed by atoms with E-state index in [1.807, 2.05) is 24.0 Å². The molecule has 0 aliphatic carbocycles. The number of rotatable bonds is 4. The van der Waals surface area contributed by atoms with Crippen LogP contribution in [0.25, 0.3) is 0 Å². The highest BCUT2D eigenvalue weighted by Gasteiger charge is 2.17. The number of halogens is 1. The third-order valence-corrected chi connectivity index (χ3v) is 2.50. The van der Waals surface area contributed by atoms with Gasteiger partial charge in [-0.05, 0) is 34.0 Å². The van der Waals surface area contributed by atoms with Crippen LogP contribution in [0.2, 0.25) is 0 Å². The molecule has 0 aliphatic rings. The molecule has 0 saturated carbocycles. The smallest absolute Gasteiger partial charge is 0.331 e. The average Bonchev–Trinajstić information content (AvgIpc) is 2.23. The van der Waals surface area contributed by atoms with E-state index in [1.54, 1.807) is 6.92 Å². The molecule has 0 bridgehead atoms. The summed E-state index contributed by atoms with van der Waals surface area (Å²) in [6, 6.07) is -0.406. The molecule has 6 nitrogen and oxygen atoms in total. The van der Waals surface area contributed by atoms with Crippen molar-refractivity contribution in [1.82, 2.24) is 14.5 Å².